The van der Waals surface area contributed by atoms with Crippen LogP contribution in [0.3, 0.4) is 0 Å². The Labute approximate surface area is 252 Å². The first-order chi connectivity index (χ1) is 21.0. The number of carbonyl (C=O) groups is 2. The van der Waals surface area contributed by atoms with Gasteiger partial charge in [0.05, 0.1) is 41.7 Å². The van der Waals surface area contributed by atoms with E-state index in [4.69, 9.17) is 9.84 Å². The molecule has 0 spiro atoms. The number of methoxy groups -OCH3 is 1. The van der Waals surface area contributed by atoms with E-state index >= 15 is 4.39 Å². The first kappa shape index (κ1) is 28.2. The third kappa shape index (κ3) is 5.87. The number of carbonyl (C=O) groups excluding carboxylic acids is 2. The summed E-state index contributed by atoms with van der Waals surface area (Å²) in [6.45, 7) is -0.0343. The molecule has 1 aliphatic rings. The van der Waals surface area contributed by atoms with Gasteiger partial charge in [0.1, 0.15) is 23.9 Å². The Morgan fingerprint density at radius 2 is 1.74 bits per heavy atom. The predicted molar refractivity (Wildman–Crippen MR) is 165 cm³/mol. The molecule has 0 bridgehead atoms. The number of nitrogens with one attached hydrogen (secondary N) is 1. The first-order valence-corrected chi connectivity index (χ1v) is 14.7. The van der Waals surface area contributed by atoms with Crippen molar-refractivity contribution >= 4 is 29.4 Å². The molecular formula is C33H28FN5O3S. The molecule has 0 fully saturated rings. The van der Waals surface area contributed by atoms with Crippen LogP contribution in [0.25, 0.3) is 16.9 Å². The molecular weight excluding hydrogens is 565 g/mol. The van der Waals surface area contributed by atoms with Gasteiger partial charge in [0, 0.05) is 22.9 Å². The number of aromatic nitrogens is 3. The third-order valence-corrected chi connectivity index (χ3v) is 8.37. The average Bonchev–Trinajstić information content (AvgIpc) is 3.38. The van der Waals surface area contributed by atoms with Gasteiger partial charge < -0.3 is 10.1 Å². The number of halogens is 1. The average molecular weight is 594 g/mol. The number of hydrogen-bond acceptors (Lipinski definition) is 6. The summed E-state index contributed by atoms with van der Waals surface area (Å²) < 4.78 is 22.4. The van der Waals surface area contributed by atoms with Crippen molar-refractivity contribution in [3.05, 3.63) is 126 Å². The topological polar surface area (TPSA) is 89.3 Å². The highest BCUT2D eigenvalue weighted by Gasteiger charge is 2.38. The standard InChI is InChI=1S/C33H28FN5O3S/c1-42-25-16-14-24(15-17-25)39-33-30(31(37-39)22-9-3-2-4-10-22)32(26-12-5-6-13-27(26)34)43-21-29(41)38(33)20-28(40)36-19-23-11-7-8-18-35-23/h2-18,32H,19-21H2,1H3,(H,36,40)/t32-/m0/s1. The zero-order valence-corrected chi connectivity index (χ0v) is 24.1. The molecule has 0 aliphatic carbocycles. The molecule has 3 aromatic carbocycles. The molecule has 10 heteroatoms. The summed E-state index contributed by atoms with van der Waals surface area (Å²) in [5.74, 6) is 0.0941. The summed E-state index contributed by atoms with van der Waals surface area (Å²) in [5.41, 5.74) is 3.85. The Morgan fingerprint density at radius 3 is 2.47 bits per heavy atom. The Morgan fingerprint density at radius 1 is 1.00 bits per heavy atom. The predicted octanol–water partition coefficient (Wildman–Crippen LogP) is 5.57. The largest absolute Gasteiger partial charge is 0.497 e. The lowest BCUT2D eigenvalue weighted by atomic mass is 9.99. The number of amides is 2. The molecule has 8 nitrogen and oxygen atoms in total. The van der Waals surface area contributed by atoms with Crippen molar-refractivity contribution in [1.29, 1.82) is 0 Å². The van der Waals surface area contributed by atoms with E-state index in [0.29, 0.717) is 39.8 Å². The van der Waals surface area contributed by atoms with Crippen LogP contribution in [0.5, 0.6) is 5.75 Å². The zero-order valence-electron chi connectivity index (χ0n) is 23.3. The van der Waals surface area contributed by atoms with Crippen LogP contribution in [0, 0.1) is 5.82 Å². The van der Waals surface area contributed by atoms with Crippen molar-refractivity contribution in [1.82, 2.24) is 20.1 Å². The minimum absolute atomic E-state index is 0.0397. The van der Waals surface area contributed by atoms with Crippen LogP contribution in [0.1, 0.15) is 22.1 Å². The monoisotopic (exact) mass is 593 g/mol. The van der Waals surface area contributed by atoms with Crippen molar-refractivity contribution < 1.29 is 18.7 Å². The smallest absolute Gasteiger partial charge is 0.240 e. The van der Waals surface area contributed by atoms with Crippen LogP contribution in [-0.4, -0.2) is 46.0 Å². The second kappa shape index (κ2) is 12.5. The molecule has 3 heterocycles. The van der Waals surface area contributed by atoms with E-state index in [1.54, 1.807) is 54.4 Å². The molecule has 216 valence electrons. The quantitative estimate of drug-likeness (QED) is 0.253. The number of thioether (sulfide) groups is 1. The summed E-state index contributed by atoms with van der Waals surface area (Å²) in [5, 5.41) is 7.33. The second-order valence-electron chi connectivity index (χ2n) is 9.85. The summed E-state index contributed by atoms with van der Waals surface area (Å²) in [4.78, 5) is 32.9. The van der Waals surface area contributed by atoms with Crippen LogP contribution in [0.2, 0.25) is 0 Å². The van der Waals surface area contributed by atoms with Gasteiger partial charge in [0.25, 0.3) is 0 Å². The molecule has 1 aliphatic heterocycles. The maximum Gasteiger partial charge on any atom is 0.240 e. The fraction of sp³-hybridized carbons (Fsp3) is 0.152. The Balaban J connectivity index is 1.52. The molecule has 43 heavy (non-hydrogen) atoms. The molecule has 5 aromatic rings. The maximum absolute atomic E-state index is 15.4. The third-order valence-electron chi connectivity index (χ3n) is 7.14. The molecule has 0 unspecified atom stereocenters. The molecule has 2 amide bonds. The summed E-state index contributed by atoms with van der Waals surface area (Å²) >= 11 is 1.32. The van der Waals surface area contributed by atoms with Gasteiger partial charge in [-0.3, -0.25) is 19.5 Å². The van der Waals surface area contributed by atoms with Crippen molar-refractivity contribution in [2.45, 2.75) is 11.8 Å². The molecule has 1 atom stereocenters. The van der Waals surface area contributed by atoms with Gasteiger partial charge in [0.15, 0.2) is 0 Å². The second-order valence-corrected chi connectivity index (χ2v) is 10.9. The molecule has 2 aromatic heterocycles. The molecule has 6 rings (SSSR count). The van der Waals surface area contributed by atoms with Gasteiger partial charge in [-0.1, -0.05) is 54.6 Å². The van der Waals surface area contributed by atoms with Gasteiger partial charge in [-0.2, -0.15) is 5.10 Å². The Kier molecular flexibility index (Phi) is 8.19. The summed E-state index contributed by atoms with van der Waals surface area (Å²) in [7, 11) is 1.59. The Hall–Kier alpha value is -4.96. The number of hydrogen-bond donors (Lipinski definition) is 1. The van der Waals surface area contributed by atoms with Gasteiger partial charge in [-0.15, -0.1) is 11.8 Å². The van der Waals surface area contributed by atoms with Gasteiger partial charge in [-0.05, 0) is 42.5 Å². The van der Waals surface area contributed by atoms with Crippen LogP contribution in [-0.2, 0) is 16.1 Å². The highest BCUT2D eigenvalue weighted by molar-refractivity contribution is 8.00. The molecule has 0 saturated carbocycles. The van der Waals surface area contributed by atoms with E-state index in [-0.39, 0.29) is 36.5 Å². The van der Waals surface area contributed by atoms with Crippen molar-refractivity contribution in [2.75, 3.05) is 24.3 Å². The minimum Gasteiger partial charge on any atom is -0.497 e. The van der Waals surface area contributed by atoms with E-state index in [1.807, 2.05) is 54.6 Å². The maximum atomic E-state index is 15.4. The van der Waals surface area contributed by atoms with E-state index < -0.39 is 5.25 Å². The molecule has 0 saturated heterocycles. The molecule has 1 N–H and O–H groups in total. The van der Waals surface area contributed by atoms with Crippen LogP contribution in [0.4, 0.5) is 10.2 Å². The summed E-state index contributed by atoms with van der Waals surface area (Å²) in [6.07, 6.45) is 1.66. The first-order valence-electron chi connectivity index (χ1n) is 13.7. The van der Waals surface area contributed by atoms with Gasteiger partial charge >= 0.3 is 0 Å². The van der Waals surface area contributed by atoms with Crippen molar-refractivity contribution in [2.24, 2.45) is 0 Å². The number of fused-ring (bicyclic) bond motifs is 1. The zero-order chi connectivity index (χ0) is 29.8. The lowest BCUT2D eigenvalue weighted by Gasteiger charge is -2.23. The highest BCUT2D eigenvalue weighted by atomic mass is 32.2. The van der Waals surface area contributed by atoms with Crippen LogP contribution < -0.4 is 15.0 Å². The Bertz CT molecular complexity index is 1750. The lowest BCUT2D eigenvalue weighted by Crippen LogP contribution is -2.42. The number of benzene rings is 3. The fourth-order valence-corrected chi connectivity index (χ4v) is 6.28. The fourth-order valence-electron chi connectivity index (χ4n) is 5.06. The normalized spacial score (nSPS) is 14.6. The number of ether oxygens (including phenoxy) is 1. The lowest BCUT2D eigenvalue weighted by molar-refractivity contribution is -0.123. The van der Waals surface area contributed by atoms with Gasteiger partial charge in [0.2, 0.25) is 11.8 Å². The summed E-state index contributed by atoms with van der Waals surface area (Å²) in [6, 6.07) is 28.9. The minimum atomic E-state index is -0.566. The SMILES string of the molecule is COc1ccc(-n2nc(-c3ccccc3)c3c2N(CC(=O)NCc2ccccn2)C(=O)CS[C@H]3c2ccccc2F)cc1. The number of rotatable bonds is 8. The van der Waals surface area contributed by atoms with Gasteiger partial charge in [-0.25, -0.2) is 9.07 Å². The van der Waals surface area contributed by atoms with E-state index in [1.165, 1.54) is 22.7 Å². The van der Waals surface area contributed by atoms with E-state index in [9.17, 15) is 9.59 Å². The van der Waals surface area contributed by atoms with Crippen molar-refractivity contribution in [3.8, 4) is 22.7 Å². The van der Waals surface area contributed by atoms with E-state index in [2.05, 4.69) is 10.3 Å². The number of pyridine rings is 1. The molecule has 0 radical (unpaired) electrons. The number of nitrogens with zero attached hydrogens (tertiary/aromatic N) is 4. The highest BCUT2D eigenvalue weighted by Crippen LogP contribution is 2.49. The number of anilines is 1. The van der Waals surface area contributed by atoms with E-state index in [0.717, 1.165) is 5.56 Å². The van der Waals surface area contributed by atoms with Crippen LogP contribution in [0.15, 0.2) is 103 Å². The van der Waals surface area contributed by atoms with Crippen molar-refractivity contribution in [3.63, 3.8) is 0 Å². The van der Waals surface area contributed by atoms with Crippen LogP contribution >= 0.6 is 11.8 Å².